The second kappa shape index (κ2) is 4.18. The summed E-state index contributed by atoms with van der Waals surface area (Å²) in [6.07, 6.45) is 0. The largest absolute Gasteiger partial charge is 0.476 e. The topological polar surface area (TPSA) is 63.3 Å². The third kappa shape index (κ3) is 2.01. The highest BCUT2D eigenvalue weighted by Gasteiger charge is 2.19. The lowest BCUT2D eigenvalue weighted by Gasteiger charge is -1.98. The normalized spacial score (nSPS) is 10.5. The van der Waals surface area contributed by atoms with Gasteiger partial charge in [0.1, 0.15) is 5.76 Å². The summed E-state index contributed by atoms with van der Waals surface area (Å²) in [5, 5.41) is 8.73. The summed E-state index contributed by atoms with van der Waals surface area (Å²) in [5.74, 6) is -1.89. The van der Waals surface area contributed by atoms with E-state index in [0.717, 1.165) is 0 Å². The fourth-order valence-corrected chi connectivity index (χ4v) is 1.55. The zero-order valence-corrected chi connectivity index (χ0v) is 9.45. The number of hydrogen-bond acceptors (Lipinski definition) is 3. The summed E-state index contributed by atoms with van der Waals surface area (Å²) in [6.45, 7) is 1.45. The lowest BCUT2D eigenvalue weighted by Crippen LogP contribution is -1.98. The Balaban J connectivity index is 2.58. The van der Waals surface area contributed by atoms with Crippen molar-refractivity contribution < 1.29 is 18.7 Å². The molecule has 0 bridgehead atoms. The number of nitrogens with zero attached hydrogens (tertiary/aromatic N) is 1. The van der Waals surface area contributed by atoms with E-state index in [2.05, 4.69) is 4.98 Å². The molecule has 0 aliphatic rings. The number of aromatic carboxylic acids is 1. The highest BCUT2D eigenvalue weighted by atomic mass is 35.5. The average molecular weight is 256 g/mol. The molecule has 1 aromatic heterocycles. The molecule has 0 amide bonds. The van der Waals surface area contributed by atoms with E-state index >= 15 is 0 Å². The summed E-state index contributed by atoms with van der Waals surface area (Å²) in [7, 11) is 0. The first kappa shape index (κ1) is 11.6. The minimum Gasteiger partial charge on any atom is -0.476 e. The highest BCUT2D eigenvalue weighted by Crippen LogP contribution is 2.28. The Morgan fingerprint density at radius 1 is 1.53 bits per heavy atom. The molecule has 0 saturated heterocycles. The number of halogens is 2. The molecule has 0 aliphatic heterocycles. The van der Waals surface area contributed by atoms with Crippen molar-refractivity contribution in [2.24, 2.45) is 0 Å². The molecule has 0 unspecified atom stereocenters. The number of hydrogen-bond donors (Lipinski definition) is 1. The first-order chi connectivity index (χ1) is 8.00. The van der Waals surface area contributed by atoms with Crippen LogP contribution >= 0.6 is 11.6 Å². The van der Waals surface area contributed by atoms with Crippen molar-refractivity contribution in [3.8, 4) is 11.5 Å². The quantitative estimate of drug-likeness (QED) is 0.895. The Bertz CT molecular complexity index is 594. The van der Waals surface area contributed by atoms with Gasteiger partial charge in [0.2, 0.25) is 5.89 Å². The van der Waals surface area contributed by atoms with Crippen LogP contribution in [0.25, 0.3) is 11.5 Å². The van der Waals surface area contributed by atoms with E-state index in [1.807, 2.05) is 0 Å². The van der Waals surface area contributed by atoms with Crippen LogP contribution in [-0.4, -0.2) is 16.1 Å². The lowest BCUT2D eigenvalue weighted by molar-refractivity contribution is 0.0689. The van der Waals surface area contributed by atoms with Gasteiger partial charge in [-0.3, -0.25) is 0 Å². The van der Waals surface area contributed by atoms with Crippen LogP contribution in [0.2, 0.25) is 5.02 Å². The number of oxazole rings is 1. The third-order valence-corrected chi connectivity index (χ3v) is 2.47. The van der Waals surface area contributed by atoms with Crippen molar-refractivity contribution in [1.82, 2.24) is 4.98 Å². The summed E-state index contributed by atoms with van der Waals surface area (Å²) in [5.41, 5.74) is -0.201. The molecule has 88 valence electrons. The van der Waals surface area contributed by atoms with E-state index < -0.39 is 11.8 Å². The summed E-state index contributed by atoms with van der Waals surface area (Å²) in [6, 6.07) is 4.33. The second-order valence-corrected chi connectivity index (χ2v) is 3.74. The fraction of sp³-hybridized carbons (Fsp3) is 0.0909. The van der Waals surface area contributed by atoms with Crippen LogP contribution in [-0.2, 0) is 0 Å². The molecule has 17 heavy (non-hydrogen) atoms. The Labute approximate surface area is 101 Å². The van der Waals surface area contributed by atoms with Crippen LogP contribution in [0.15, 0.2) is 22.6 Å². The fourth-order valence-electron chi connectivity index (χ4n) is 1.38. The summed E-state index contributed by atoms with van der Waals surface area (Å²) < 4.78 is 18.8. The van der Waals surface area contributed by atoms with Gasteiger partial charge in [-0.2, -0.15) is 0 Å². The first-order valence-electron chi connectivity index (χ1n) is 4.66. The van der Waals surface area contributed by atoms with Crippen molar-refractivity contribution in [3.05, 3.63) is 40.5 Å². The van der Waals surface area contributed by atoms with Gasteiger partial charge in [-0.15, -0.1) is 0 Å². The number of carbonyl (C=O) groups is 1. The summed E-state index contributed by atoms with van der Waals surface area (Å²) >= 11 is 5.61. The second-order valence-electron chi connectivity index (χ2n) is 3.33. The van der Waals surface area contributed by atoms with E-state index in [0.29, 0.717) is 0 Å². The van der Waals surface area contributed by atoms with Gasteiger partial charge in [0.15, 0.2) is 11.5 Å². The number of carboxylic acid groups (broad SMARTS) is 1. The standard InChI is InChI=1S/C11H7ClFNO3/c1-5-9(11(15)16)14-10(17-5)6-3-2-4-7(12)8(6)13/h2-4H,1H3,(H,15,16). The molecule has 0 saturated carbocycles. The average Bonchev–Trinajstić information content (AvgIpc) is 2.64. The number of benzene rings is 1. The Kier molecular flexibility index (Phi) is 2.85. The smallest absolute Gasteiger partial charge is 0.358 e. The van der Waals surface area contributed by atoms with Crippen LogP contribution in [0.1, 0.15) is 16.2 Å². The van der Waals surface area contributed by atoms with Gasteiger partial charge in [-0.25, -0.2) is 14.2 Å². The van der Waals surface area contributed by atoms with Gasteiger partial charge in [0.05, 0.1) is 10.6 Å². The van der Waals surface area contributed by atoms with E-state index in [-0.39, 0.29) is 27.9 Å². The maximum Gasteiger partial charge on any atom is 0.358 e. The van der Waals surface area contributed by atoms with Gasteiger partial charge in [-0.05, 0) is 19.1 Å². The minimum atomic E-state index is -1.22. The Hall–Kier alpha value is -1.88. The van der Waals surface area contributed by atoms with Crippen LogP contribution in [0, 0.1) is 12.7 Å². The van der Waals surface area contributed by atoms with Crippen molar-refractivity contribution in [3.63, 3.8) is 0 Å². The molecule has 0 radical (unpaired) electrons. The van der Waals surface area contributed by atoms with Gasteiger partial charge in [0.25, 0.3) is 0 Å². The van der Waals surface area contributed by atoms with Gasteiger partial charge in [-0.1, -0.05) is 17.7 Å². The molecule has 0 aliphatic carbocycles. The van der Waals surface area contributed by atoms with Crippen LogP contribution in [0.5, 0.6) is 0 Å². The molecule has 0 spiro atoms. The molecule has 1 aromatic carbocycles. The van der Waals surface area contributed by atoms with Gasteiger partial charge in [0, 0.05) is 0 Å². The van der Waals surface area contributed by atoms with Gasteiger partial charge < -0.3 is 9.52 Å². The monoisotopic (exact) mass is 255 g/mol. The predicted octanol–water partition coefficient (Wildman–Crippen LogP) is 3.14. The molecular weight excluding hydrogens is 249 g/mol. The van der Waals surface area contributed by atoms with Crippen LogP contribution in [0.4, 0.5) is 4.39 Å². The highest BCUT2D eigenvalue weighted by molar-refractivity contribution is 6.31. The zero-order valence-electron chi connectivity index (χ0n) is 8.70. The molecule has 1 heterocycles. The van der Waals surface area contributed by atoms with Crippen LogP contribution in [0.3, 0.4) is 0 Å². The summed E-state index contributed by atoms with van der Waals surface area (Å²) in [4.78, 5) is 14.5. The number of aromatic nitrogens is 1. The maximum atomic E-state index is 13.7. The number of aryl methyl sites for hydroxylation is 1. The SMILES string of the molecule is Cc1oc(-c2cccc(Cl)c2F)nc1C(=O)O. The van der Waals surface area contributed by atoms with Crippen molar-refractivity contribution in [2.75, 3.05) is 0 Å². The molecule has 2 aromatic rings. The number of rotatable bonds is 2. The molecule has 4 nitrogen and oxygen atoms in total. The Morgan fingerprint density at radius 3 is 2.82 bits per heavy atom. The van der Waals surface area contributed by atoms with Crippen molar-refractivity contribution in [2.45, 2.75) is 6.92 Å². The molecule has 1 N–H and O–H groups in total. The van der Waals surface area contributed by atoms with Gasteiger partial charge >= 0.3 is 5.97 Å². The van der Waals surface area contributed by atoms with E-state index in [4.69, 9.17) is 21.1 Å². The molecular formula is C11H7ClFNO3. The third-order valence-electron chi connectivity index (χ3n) is 2.18. The predicted molar refractivity (Wildman–Crippen MR) is 58.6 cm³/mol. The zero-order chi connectivity index (χ0) is 12.6. The van der Waals surface area contributed by atoms with Crippen molar-refractivity contribution in [1.29, 1.82) is 0 Å². The van der Waals surface area contributed by atoms with E-state index in [1.54, 1.807) is 0 Å². The lowest BCUT2D eigenvalue weighted by atomic mass is 10.2. The minimum absolute atomic E-state index is 0.0353. The number of carboxylic acids is 1. The molecule has 2 rings (SSSR count). The first-order valence-corrected chi connectivity index (χ1v) is 5.03. The molecule has 0 fully saturated rings. The van der Waals surface area contributed by atoms with Crippen LogP contribution < -0.4 is 0 Å². The van der Waals surface area contributed by atoms with Crippen molar-refractivity contribution >= 4 is 17.6 Å². The van der Waals surface area contributed by atoms with E-state index in [1.165, 1.54) is 25.1 Å². The molecule has 0 atom stereocenters. The maximum absolute atomic E-state index is 13.7. The molecule has 6 heteroatoms. The van der Waals surface area contributed by atoms with E-state index in [9.17, 15) is 9.18 Å². The Morgan fingerprint density at radius 2 is 2.24 bits per heavy atom.